The topological polar surface area (TPSA) is 52.4 Å². The first kappa shape index (κ1) is 16.4. The third-order valence-corrected chi connectivity index (χ3v) is 2.57. The third kappa shape index (κ3) is 5.66. The second-order valence-electron chi connectivity index (χ2n) is 4.52. The van der Waals surface area contributed by atoms with E-state index in [1.165, 1.54) is 5.57 Å². The monoisotopic (exact) mass is 253 g/mol. The van der Waals surface area contributed by atoms with Gasteiger partial charge in [0, 0.05) is 5.41 Å². The summed E-state index contributed by atoms with van der Waals surface area (Å²) in [6.45, 7) is 10.2. The highest BCUT2D eigenvalue weighted by Gasteiger charge is 2.20. The van der Waals surface area contributed by atoms with Gasteiger partial charge in [-0.1, -0.05) is 65.0 Å². The molecule has 1 unspecified atom stereocenters. The van der Waals surface area contributed by atoms with Crippen LogP contribution in [0.3, 0.4) is 0 Å². The van der Waals surface area contributed by atoms with E-state index in [4.69, 9.17) is 0 Å². The highest BCUT2D eigenvalue weighted by Crippen LogP contribution is 2.26. The zero-order valence-corrected chi connectivity index (χ0v) is 11.8. The molecule has 0 aromatic heterocycles. The molecule has 0 N–H and O–H groups in total. The van der Waals surface area contributed by atoms with Crippen LogP contribution in [-0.2, 0) is 4.84 Å². The molecular formula is C14H23NO3. The standard InChI is InChI=1S/C12H17NO3.C2H6/c1-10(2)11-5-4-7-12(3,8-6-11)9-16-13(14)15;1-2/h4-8,10H,9H2,1-3H3;1-2H3. The minimum atomic E-state index is -0.755. The van der Waals surface area contributed by atoms with Crippen LogP contribution in [0.15, 0.2) is 36.0 Å². The lowest BCUT2D eigenvalue weighted by atomic mass is 9.91. The van der Waals surface area contributed by atoms with Crippen LogP contribution in [0.5, 0.6) is 0 Å². The first-order valence-electron chi connectivity index (χ1n) is 6.29. The lowest BCUT2D eigenvalue weighted by Gasteiger charge is -2.19. The summed E-state index contributed by atoms with van der Waals surface area (Å²) in [6, 6.07) is 0. The Morgan fingerprint density at radius 1 is 1.39 bits per heavy atom. The van der Waals surface area contributed by atoms with Crippen LogP contribution < -0.4 is 0 Å². The Kier molecular flexibility index (Phi) is 7.01. The van der Waals surface area contributed by atoms with E-state index in [2.05, 4.69) is 18.7 Å². The van der Waals surface area contributed by atoms with E-state index in [9.17, 15) is 10.1 Å². The van der Waals surface area contributed by atoms with E-state index in [1.807, 2.05) is 51.2 Å². The summed E-state index contributed by atoms with van der Waals surface area (Å²) in [6.07, 6.45) is 9.83. The molecule has 0 radical (unpaired) electrons. The summed E-state index contributed by atoms with van der Waals surface area (Å²) in [7, 11) is 0. The molecule has 0 amide bonds. The summed E-state index contributed by atoms with van der Waals surface area (Å²) < 4.78 is 0. The van der Waals surface area contributed by atoms with Gasteiger partial charge in [0.2, 0.25) is 0 Å². The molecule has 0 bridgehead atoms. The SMILES string of the molecule is CC.CC(C)C1=CC=CC(C)(CO[N+](=O)[O-])C=C1. The summed E-state index contributed by atoms with van der Waals surface area (Å²) in [4.78, 5) is 14.6. The predicted octanol–water partition coefficient (Wildman–Crippen LogP) is 3.94. The zero-order valence-electron chi connectivity index (χ0n) is 11.8. The number of allylic oxidation sites excluding steroid dienone is 4. The molecule has 1 aliphatic carbocycles. The Bertz CT molecular complexity index is 356. The fourth-order valence-corrected chi connectivity index (χ4v) is 1.45. The second kappa shape index (κ2) is 7.69. The lowest BCUT2D eigenvalue weighted by molar-refractivity contribution is -0.759. The molecule has 1 atom stereocenters. The highest BCUT2D eigenvalue weighted by molar-refractivity contribution is 5.32. The van der Waals surface area contributed by atoms with Crippen molar-refractivity contribution < 1.29 is 9.92 Å². The van der Waals surface area contributed by atoms with E-state index < -0.39 is 10.5 Å². The molecule has 4 heteroatoms. The molecule has 0 aromatic carbocycles. The van der Waals surface area contributed by atoms with Crippen molar-refractivity contribution >= 4 is 0 Å². The van der Waals surface area contributed by atoms with Crippen LogP contribution >= 0.6 is 0 Å². The Morgan fingerprint density at radius 2 is 2.00 bits per heavy atom. The maximum atomic E-state index is 10.2. The van der Waals surface area contributed by atoms with Crippen molar-refractivity contribution in [2.75, 3.05) is 6.61 Å². The molecule has 0 fully saturated rings. The number of nitrogens with zero attached hydrogens (tertiary/aromatic N) is 1. The van der Waals surface area contributed by atoms with Crippen LogP contribution in [0.25, 0.3) is 0 Å². The third-order valence-electron chi connectivity index (χ3n) is 2.57. The van der Waals surface area contributed by atoms with E-state index in [0.717, 1.165) is 0 Å². The largest absolute Gasteiger partial charge is 0.313 e. The molecule has 0 aromatic rings. The fourth-order valence-electron chi connectivity index (χ4n) is 1.45. The van der Waals surface area contributed by atoms with E-state index in [1.54, 1.807) is 0 Å². The number of hydrogen-bond donors (Lipinski definition) is 0. The molecule has 0 aliphatic heterocycles. The molecular weight excluding hydrogens is 230 g/mol. The van der Waals surface area contributed by atoms with Gasteiger partial charge in [0.25, 0.3) is 5.09 Å². The Morgan fingerprint density at radius 3 is 2.50 bits per heavy atom. The molecule has 4 nitrogen and oxygen atoms in total. The Labute approximate surface area is 109 Å². The maximum absolute atomic E-state index is 10.2. The molecule has 18 heavy (non-hydrogen) atoms. The first-order valence-corrected chi connectivity index (χ1v) is 6.29. The summed E-state index contributed by atoms with van der Waals surface area (Å²) >= 11 is 0. The van der Waals surface area contributed by atoms with Crippen LogP contribution in [0.4, 0.5) is 0 Å². The number of rotatable bonds is 4. The quantitative estimate of drug-likeness (QED) is 0.563. The smallest absolute Gasteiger partial charge is 0.294 e. The minimum Gasteiger partial charge on any atom is -0.313 e. The molecule has 0 saturated heterocycles. The summed E-state index contributed by atoms with van der Waals surface area (Å²) in [5, 5.41) is 9.41. The van der Waals surface area contributed by atoms with Gasteiger partial charge < -0.3 is 4.84 Å². The van der Waals surface area contributed by atoms with Gasteiger partial charge >= 0.3 is 0 Å². The highest BCUT2D eigenvalue weighted by atomic mass is 16.9. The Balaban J connectivity index is 0.00000137. The molecule has 1 rings (SSSR count). The predicted molar refractivity (Wildman–Crippen MR) is 73.6 cm³/mol. The van der Waals surface area contributed by atoms with E-state index >= 15 is 0 Å². The number of hydrogen-bond acceptors (Lipinski definition) is 3. The molecule has 0 spiro atoms. The molecule has 0 saturated carbocycles. The average molecular weight is 253 g/mol. The Hall–Kier alpha value is -1.58. The average Bonchev–Trinajstić information content (AvgIpc) is 2.52. The molecule has 0 heterocycles. The summed E-state index contributed by atoms with van der Waals surface area (Å²) in [5.74, 6) is 0.444. The summed E-state index contributed by atoms with van der Waals surface area (Å²) in [5.41, 5.74) is 0.793. The first-order chi connectivity index (χ1) is 8.43. The van der Waals surface area contributed by atoms with Crippen molar-refractivity contribution in [2.45, 2.75) is 34.6 Å². The van der Waals surface area contributed by atoms with Crippen molar-refractivity contribution in [3.8, 4) is 0 Å². The normalized spacial score (nSPS) is 21.8. The van der Waals surface area contributed by atoms with Gasteiger partial charge in [-0.25, -0.2) is 0 Å². The van der Waals surface area contributed by atoms with Gasteiger partial charge in [-0.2, -0.15) is 0 Å². The van der Waals surface area contributed by atoms with Crippen LogP contribution in [0.2, 0.25) is 0 Å². The van der Waals surface area contributed by atoms with Gasteiger partial charge in [0.15, 0.2) is 0 Å². The van der Waals surface area contributed by atoms with Crippen molar-refractivity contribution in [3.05, 3.63) is 46.1 Å². The van der Waals surface area contributed by atoms with E-state index in [0.29, 0.717) is 5.92 Å². The molecule has 102 valence electrons. The van der Waals surface area contributed by atoms with Gasteiger partial charge in [0.1, 0.15) is 6.61 Å². The van der Waals surface area contributed by atoms with Gasteiger partial charge in [-0.3, -0.25) is 0 Å². The minimum absolute atomic E-state index is 0.0478. The van der Waals surface area contributed by atoms with E-state index in [-0.39, 0.29) is 6.61 Å². The van der Waals surface area contributed by atoms with Gasteiger partial charge in [-0.15, -0.1) is 10.1 Å². The molecule has 1 aliphatic rings. The zero-order chi connectivity index (χ0) is 14.2. The van der Waals surface area contributed by atoms with Crippen LogP contribution in [0, 0.1) is 21.4 Å². The lowest BCUT2D eigenvalue weighted by Crippen LogP contribution is -2.20. The maximum Gasteiger partial charge on any atom is 0.294 e. The second-order valence-corrected chi connectivity index (χ2v) is 4.52. The van der Waals surface area contributed by atoms with Crippen molar-refractivity contribution in [1.29, 1.82) is 0 Å². The van der Waals surface area contributed by atoms with Crippen molar-refractivity contribution in [1.82, 2.24) is 0 Å². The fraction of sp³-hybridized carbons (Fsp3) is 0.571. The van der Waals surface area contributed by atoms with Crippen molar-refractivity contribution in [2.24, 2.45) is 11.3 Å². The van der Waals surface area contributed by atoms with Gasteiger partial charge in [0.05, 0.1) is 0 Å². The van der Waals surface area contributed by atoms with Crippen molar-refractivity contribution in [3.63, 3.8) is 0 Å². The van der Waals surface area contributed by atoms with Crippen LogP contribution in [0.1, 0.15) is 34.6 Å². The van der Waals surface area contributed by atoms with Gasteiger partial charge in [-0.05, 0) is 11.5 Å². The van der Waals surface area contributed by atoms with Crippen LogP contribution in [-0.4, -0.2) is 11.7 Å².